The van der Waals surface area contributed by atoms with Gasteiger partial charge in [-0.2, -0.15) is 0 Å². The van der Waals surface area contributed by atoms with E-state index < -0.39 is 10.0 Å². The fourth-order valence-electron chi connectivity index (χ4n) is 3.41. The van der Waals surface area contributed by atoms with Crippen LogP contribution in [0, 0.1) is 0 Å². The Bertz CT molecular complexity index is 914. The van der Waals surface area contributed by atoms with Gasteiger partial charge in [-0.1, -0.05) is 30.3 Å². The maximum atomic E-state index is 11.3. The Hall–Kier alpha value is -2.58. The Morgan fingerprint density at radius 2 is 1.90 bits per heavy atom. The average Bonchev–Trinajstić information content (AvgIpc) is 3.17. The third kappa shape index (κ3) is 6.20. The molecule has 156 valence electrons. The number of benzene rings is 2. The molecule has 8 heteroatoms. The van der Waals surface area contributed by atoms with Crippen LogP contribution in [0.1, 0.15) is 18.9 Å². The second kappa shape index (κ2) is 9.76. The highest BCUT2D eigenvalue weighted by Gasteiger charge is 2.23. The lowest BCUT2D eigenvalue weighted by Crippen LogP contribution is -2.44. The second-order valence-corrected chi connectivity index (χ2v) is 8.67. The first-order valence-corrected chi connectivity index (χ1v) is 11.5. The van der Waals surface area contributed by atoms with Crippen molar-refractivity contribution in [1.82, 2.24) is 10.6 Å². The van der Waals surface area contributed by atoms with Gasteiger partial charge in [0.1, 0.15) is 0 Å². The summed E-state index contributed by atoms with van der Waals surface area (Å²) in [6, 6.07) is 17.4. The van der Waals surface area contributed by atoms with Crippen molar-refractivity contribution >= 4 is 21.7 Å². The highest BCUT2D eigenvalue weighted by molar-refractivity contribution is 7.89. The molecule has 0 amide bonds. The van der Waals surface area contributed by atoms with Crippen molar-refractivity contribution in [3.8, 4) is 0 Å². The lowest BCUT2D eigenvalue weighted by atomic mass is 10.1. The van der Waals surface area contributed by atoms with Crippen LogP contribution < -0.4 is 20.7 Å². The van der Waals surface area contributed by atoms with E-state index in [1.165, 1.54) is 17.8 Å². The number of nitrogens with one attached hydrogen (secondary N) is 2. The Kier molecular flexibility index (Phi) is 7.11. The number of hydrogen-bond acceptors (Lipinski definition) is 4. The summed E-state index contributed by atoms with van der Waals surface area (Å²) in [7, 11) is -3.65. The van der Waals surface area contributed by atoms with Gasteiger partial charge < -0.3 is 15.5 Å². The molecule has 1 unspecified atom stereocenters. The number of hydrogen-bond donors (Lipinski definition) is 3. The summed E-state index contributed by atoms with van der Waals surface area (Å²) in [5.41, 5.74) is 2.27. The van der Waals surface area contributed by atoms with Crippen molar-refractivity contribution in [1.29, 1.82) is 0 Å². The Labute approximate surface area is 173 Å². The molecule has 0 aliphatic carbocycles. The molecule has 0 spiro atoms. The van der Waals surface area contributed by atoms with Crippen LogP contribution in [0.5, 0.6) is 0 Å². The van der Waals surface area contributed by atoms with E-state index in [0.717, 1.165) is 44.0 Å². The zero-order valence-electron chi connectivity index (χ0n) is 16.7. The highest BCUT2D eigenvalue weighted by Crippen LogP contribution is 2.19. The van der Waals surface area contributed by atoms with Crippen molar-refractivity contribution in [2.75, 3.05) is 31.1 Å². The molecule has 2 aromatic carbocycles. The number of primary sulfonamides is 1. The van der Waals surface area contributed by atoms with Crippen molar-refractivity contribution < 1.29 is 8.42 Å². The maximum absolute atomic E-state index is 11.3. The van der Waals surface area contributed by atoms with Gasteiger partial charge in [-0.3, -0.25) is 4.99 Å². The predicted octanol–water partition coefficient (Wildman–Crippen LogP) is 1.71. The van der Waals surface area contributed by atoms with Gasteiger partial charge in [0.2, 0.25) is 10.0 Å². The van der Waals surface area contributed by atoms with Crippen LogP contribution in [0.15, 0.2) is 64.5 Å². The summed E-state index contributed by atoms with van der Waals surface area (Å²) >= 11 is 0. The molecular formula is C21H29N5O2S. The summed E-state index contributed by atoms with van der Waals surface area (Å²) in [5.74, 6) is 0.813. The van der Waals surface area contributed by atoms with E-state index in [0.29, 0.717) is 12.6 Å². The Morgan fingerprint density at radius 3 is 2.55 bits per heavy atom. The summed E-state index contributed by atoms with van der Waals surface area (Å²) in [6.07, 6.45) is 1.79. The summed E-state index contributed by atoms with van der Waals surface area (Å²) in [4.78, 5) is 7.19. The summed E-state index contributed by atoms with van der Waals surface area (Å²) in [6.45, 7) is 5.43. The topological polar surface area (TPSA) is 99.8 Å². The molecule has 0 radical (unpaired) electrons. The van der Waals surface area contributed by atoms with E-state index in [2.05, 4.69) is 44.8 Å². The quantitative estimate of drug-likeness (QED) is 0.472. The number of rotatable bonds is 7. The second-order valence-electron chi connectivity index (χ2n) is 7.11. The zero-order chi connectivity index (χ0) is 20.7. The normalized spacial score (nSPS) is 17.4. The monoisotopic (exact) mass is 415 g/mol. The van der Waals surface area contributed by atoms with Crippen molar-refractivity contribution in [2.24, 2.45) is 10.1 Å². The van der Waals surface area contributed by atoms with Crippen LogP contribution in [-0.2, 0) is 16.4 Å². The number of anilines is 1. The van der Waals surface area contributed by atoms with E-state index in [9.17, 15) is 8.42 Å². The molecule has 1 heterocycles. The van der Waals surface area contributed by atoms with Crippen LogP contribution >= 0.6 is 0 Å². The molecule has 1 aliphatic heterocycles. The van der Waals surface area contributed by atoms with Gasteiger partial charge in [0.05, 0.1) is 4.90 Å². The van der Waals surface area contributed by atoms with Crippen LogP contribution in [0.2, 0.25) is 0 Å². The van der Waals surface area contributed by atoms with Crippen molar-refractivity contribution in [3.05, 3.63) is 60.2 Å². The molecule has 3 rings (SSSR count). The average molecular weight is 416 g/mol. The molecule has 2 aromatic rings. The highest BCUT2D eigenvalue weighted by atomic mass is 32.2. The smallest absolute Gasteiger partial charge is 0.238 e. The van der Waals surface area contributed by atoms with Gasteiger partial charge in [-0.05, 0) is 49.6 Å². The molecule has 1 atom stereocenters. The van der Waals surface area contributed by atoms with Crippen LogP contribution in [0.3, 0.4) is 0 Å². The molecule has 0 aromatic heterocycles. The molecule has 29 heavy (non-hydrogen) atoms. The minimum atomic E-state index is -3.65. The van der Waals surface area contributed by atoms with E-state index in [1.807, 2.05) is 13.0 Å². The minimum absolute atomic E-state index is 0.129. The zero-order valence-corrected chi connectivity index (χ0v) is 17.5. The number of guanidine groups is 1. The molecule has 7 nitrogen and oxygen atoms in total. The van der Waals surface area contributed by atoms with Crippen LogP contribution in [-0.4, -0.2) is 46.6 Å². The van der Waals surface area contributed by atoms with Crippen LogP contribution in [0.25, 0.3) is 0 Å². The summed E-state index contributed by atoms with van der Waals surface area (Å²) < 4.78 is 22.7. The number of nitrogens with zero attached hydrogens (tertiary/aromatic N) is 2. The molecule has 0 bridgehead atoms. The summed E-state index contributed by atoms with van der Waals surface area (Å²) in [5, 5.41) is 12.0. The van der Waals surface area contributed by atoms with E-state index in [4.69, 9.17) is 5.14 Å². The van der Waals surface area contributed by atoms with Gasteiger partial charge in [0.15, 0.2) is 5.96 Å². The molecule has 0 saturated carbocycles. The van der Waals surface area contributed by atoms with Crippen molar-refractivity contribution in [2.45, 2.75) is 30.7 Å². The number of para-hydroxylation sites is 1. The number of nitrogens with two attached hydrogens (primary N) is 1. The first kappa shape index (κ1) is 21.1. The van der Waals surface area contributed by atoms with Gasteiger partial charge in [0, 0.05) is 37.9 Å². The number of aliphatic imine (C=N–C) groups is 1. The molecular weight excluding hydrogens is 386 g/mol. The Balaban J connectivity index is 1.53. The molecule has 1 saturated heterocycles. The SMILES string of the molecule is CCNC(=NCCc1ccc(S(N)(=O)=O)cc1)NC1CCN(c2ccccc2)C1. The number of sulfonamides is 1. The first-order chi connectivity index (χ1) is 14.0. The lowest BCUT2D eigenvalue weighted by Gasteiger charge is -2.20. The molecule has 1 fully saturated rings. The molecule has 4 N–H and O–H groups in total. The van der Waals surface area contributed by atoms with E-state index in [-0.39, 0.29) is 4.90 Å². The predicted molar refractivity (Wildman–Crippen MR) is 118 cm³/mol. The maximum Gasteiger partial charge on any atom is 0.238 e. The molecule has 1 aliphatic rings. The van der Waals surface area contributed by atoms with Gasteiger partial charge in [-0.25, -0.2) is 13.6 Å². The fourth-order valence-corrected chi connectivity index (χ4v) is 3.92. The van der Waals surface area contributed by atoms with E-state index >= 15 is 0 Å². The van der Waals surface area contributed by atoms with E-state index in [1.54, 1.807) is 12.1 Å². The van der Waals surface area contributed by atoms with Gasteiger partial charge in [-0.15, -0.1) is 0 Å². The third-order valence-corrected chi connectivity index (χ3v) is 5.85. The third-order valence-electron chi connectivity index (χ3n) is 4.92. The standard InChI is InChI=1S/C21H29N5O2S/c1-2-23-21(24-14-12-17-8-10-20(11-9-17)29(22,27)28)25-18-13-15-26(16-18)19-6-4-3-5-7-19/h3-11,18H,2,12-16H2,1H3,(H2,22,27,28)(H2,23,24,25). The lowest BCUT2D eigenvalue weighted by molar-refractivity contribution is 0.598. The first-order valence-electron chi connectivity index (χ1n) is 9.92. The van der Waals surface area contributed by atoms with Gasteiger partial charge >= 0.3 is 0 Å². The minimum Gasteiger partial charge on any atom is -0.369 e. The Morgan fingerprint density at radius 1 is 1.17 bits per heavy atom. The largest absolute Gasteiger partial charge is 0.369 e. The van der Waals surface area contributed by atoms with Crippen molar-refractivity contribution in [3.63, 3.8) is 0 Å². The van der Waals surface area contributed by atoms with Gasteiger partial charge in [0.25, 0.3) is 0 Å². The van der Waals surface area contributed by atoms with Crippen LogP contribution in [0.4, 0.5) is 5.69 Å². The fraction of sp³-hybridized carbons (Fsp3) is 0.381.